The third kappa shape index (κ3) is 5.03. The highest BCUT2D eigenvalue weighted by molar-refractivity contribution is 8.00. The lowest BCUT2D eigenvalue weighted by atomic mass is 10.1. The molecule has 2 amide bonds. The Morgan fingerprint density at radius 3 is 2.73 bits per heavy atom. The van der Waals surface area contributed by atoms with E-state index in [2.05, 4.69) is 15.5 Å². The van der Waals surface area contributed by atoms with Gasteiger partial charge in [0.1, 0.15) is 5.25 Å². The summed E-state index contributed by atoms with van der Waals surface area (Å²) in [5.41, 5.74) is 0.954. The van der Waals surface area contributed by atoms with Gasteiger partial charge >= 0.3 is 0 Å². The highest BCUT2D eigenvalue weighted by Gasteiger charge is 2.31. The van der Waals surface area contributed by atoms with Crippen molar-refractivity contribution in [1.82, 2.24) is 25.0 Å². The highest BCUT2D eigenvalue weighted by Crippen LogP contribution is 2.36. The fourth-order valence-electron chi connectivity index (χ4n) is 3.73. The lowest BCUT2D eigenvalue weighted by Crippen LogP contribution is -2.31. The summed E-state index contributed by atoms with van der Waals surface area (Å²) >= 11 is 1.43. The summed E-state index contributed by atoms with van der Waals surface area (Å²) in [6.45, 7) is 3.99. The fraction of sp³-hybridized carbons (Fsp3) is 0.545. The van der Waals surface area contributed by atoms with Crippen LogP contribution in [0.5, 0.6) is 0 Å². The summed E-state index contributed by atoms with van der Waals surface area (Å²) in [5.74, 6) is 0.992. The van der Waals surface area contributed by atoms with Crippen molar-refractivity contribution in [2.45, 2.75) is 75.0 Å². The lowest BCUT2D eigenvalue weighted by Gasteiger charge is -2.21. The van der Waals surface area contributed by atoms with E-state index in [1.54, 1.807) is 0 Å². The first-order valence-electron chi connectivity index (χ1n) is 10.9. The Balaban J connectivity index is 1.54. The van der Waals surface area contributed by atoms with Crippen molar-refractivity contribution >= 4 is 23.6 Å². The molecule has 2 heterocycles. The zero-order valence-electron chi connectivity index (χ0n) is 17.4. The average Bonchev–Trinajstić information content (AvgIpc) is 3.52. The van der Waals surface area contributed by atoms with E-state index in [0.29, 0.717) is 25.6 Å². The van der Waals surface area contributed by atoms with Gasteiger partial charge in [0.2, 0.25) is 11.8 Å². The molecule has 1 aliphatic carbocycles. The number of rotatable bonds is 8. The topological polar surface area (TPSA) is 80.1 Å². The molecule has 1 aliphatic heterocycles. The number of nitrogens with zero attached hydrogens (tertiary/aromatic N) is 4. The normalized spacial score (nSPS) is 18.2. The summed E-state index contributed by atoms with van der Waals surface area (Å²) in [6.07, 6.45) is 5.81. The number of hydrogen-bond donors (Lipinski definition) is 1. The number of amides is 2. The second kappa shape index (κ2) is 9.64. The molecule has 1 saturated carbocycles. The van der Waals surface area contributed by atoms with Crippen LogP contribution < -0.4 is 5.32 Å². The number of likely N-dealkylation sites (tertiary alicyclic amines) is 1. The Hall–Kier alpha value is -2.35. The molecular formula is C22H29N5O2S. The Morgan fingerprint density at radius 1 is 1.20 bits per heavy atom. The molecule has 8 heteroatoms. The number of aromatic nitrogens is 3. The Morgan fingerprint density at radius 2 is 2.00 bits per heavy atom. The van der Waals surface area contributed by atoms with Gasteiger partial charge in [-0.25, -0.2) is 0 Å². The van der Waals surface area contributed by atoms with Gasteiger partial charge in [0.15, 0.2) is 11.0 Å². The van der Waals surface area contributed by atoms with E-state index >= 15 is 0 Å². The summed E-state index contributed by atoms with van der Waals surface area (Å²) in [5, 5.41) is 12.3. The maximum absolute atomic E-state index is 13.0. The summed E-state index contributed by atoms with van der Waals surface area (Å²) < 4.78 is 2.03. The first-order chi connectivity index (χ1) is 14.7. The van der Waals surface area contributed by atoms with Gasteiger partial charge in [-0.1, -0.05) is 48.5 Å². The van der Waals surface area contributed by atoms with Gasteiger partial charge in [-0.15, -0.1) is 10.2 Å². The van der Waals surface area contributed by atoms with Crippen molar-refractivity contribution in [1.29, 1.82) is 0 Å². The molecule has 1 N–H and O–H groups in total. The predicted octanol–water partition coefficient (Wildman–Crippen LogP) is 3.31. The first kappa shape index (κ1) is 20.9. The molecule has 7 nitrogen and oxygen atoms in total. The zero-order valence-corrected chi connectivity index (χ0v) is 18.2. The fourth-order valence-corrected chi connectivity index (χ4v) is 4.86. The Bertz CT molecular complexity index is 881. The van der Waals surface area contributed by atoms with Crippen molar-refractivity contribution in [2.24, 2.45) is 0 Å². The molecule has 0 spiro atoms. The molecule has 2 aliphatic rings. The van der Waals surface area contributed by atoms with Crippen LogP contribution in [0.4, 0.5) is 0 Å². The third-order valence-corrected chi connectivity index (χ3v) is 6.84. The zero-order chi connectivity index (χ0) is 20.9. The maximum atomic E-state index is 13.0. The number of carbonyl (C=O) groups is 2. The Kier molecular flexibility index (Phi) is 6.72. The van der Waals surface area contributed by atoms with Gasteiger partial charge in [-0.3, -0.25) is 9.59 Å². The van der Waals surface area contributed by atoms with Crippen molar-refractivity contribution in [2.75, 3.05) is 6.54 Å². The van der Waals surface area contributed by atoms with Crippen LogP contribution in [-0.2, 0) is 22.7 Å². The maximum Gasteiger partial charge on any atom is 0.238 e. The number of thioether (sulfide) groups is 1. The highest BCUT2D eigenvalue weighted by atomic mass is 32.2. The van der Waals surface area contributed by atoms with Crippen molar-refractivity contribution in [3.63, 3.8) is 0 Å². The van der Waals surface area contributed by atoms with Crippen molar-refractivity contribution in [3.8, 4) is 0 Å². The third-order valence-electron chi connectivity index (χ3n) is 5.60. The first-order valence-corrected chi connectivity index (χ1v) is 11.8. The minimum absolute atomic E-state index is 0.0172. The van der Waals surface area contributed by atoms with Gasteiger partial charge in [-0.05, 0) is 38.2 Å². The standard InChI is InChI=1S/C22H29N5O2S/c1-2-27-18(15-26-14-8-4-7-11-19(26)28)24-25-22(27)30-20(16-9-5-3-6-10-16)21(29)23-17-12-13-17/h3,5-6,9-10,17,20H,2,4,7-8,11-15H2,1H3,(H,23,29)/t20-/m0/s1. The number of hydrogen-bond acceptors (Lipinski definition) is 5. The summed E-state index contributed by atoms with van der Waals surface area (Å²) in [6, 6.07) is 10.1. The van der Waals surface area contributed by atoms with Crippen LogP contribution in [-0.4, -0.2) is 44.1 Å². The summed E-state index contributed by atoms with van der Waals surface area (Å²) in [7, 11) is 0. The molecule has 1 aromatic carbocycles. The van der Waals surface area contributed by atoms with Crippen molar-refractivity contribution in [3.05, 3.63) is 41.7 Å². The smallest absolute Gasteiger partial charge is 0.238 e. The van der Waals surface area contributed by atoms with Gasteiger partial charge in [0.25, 0.3) is 0 Å². The SMILES string of the molecule is CCn1c(CN2CCCCCC2=O)nnc1S[C@H](C(=O)NC1CC1)c1ccccc1. The van der Waals surface area contributed by atoms with Crippen molar-refractivity contribution < 1.29 is 9.59 Å². The molecule has 2 aromatic rings. The van der Waals surface area contributed by atoms with E-state index < -0.39 is 0 Å². The molecule has 1 aromatic heterocycles. The Labute approximate surface area is 181 Å². The summed E-state index contributed by atoms with van der Waals surface area (Å²) in [4.78, 5) is 27.3. The van der Waals surface area contributed by atoms with E-state index in [1.807, 2.05) is 46.7 Å². The van der Waals surface area contributed by atoms with Gasteiger partial charge in [0, 0.05) is 25.6 Å². The van der Waals surface area contributed by atoms with Crippen LogP contribution in [0.2, 0.25) is 0 Å². The van der Waals surface area contributed by atoms with E-state index in [9.17, 15) is 9.59 Å². The predicted molar refractivity (Wildman–Crippen MR) is 116 cm³/mol. The molecule has 4 rings (SSSR count). The van der Waals surface area contributed by atoms with Crippen LogP contribution >= 0.6 is 11.8 Å². The molecule has 160 valence electrons. The molecule has 0 unspecified atom stereocenters. The van der Waals surface area contributed by atoms with Gasteiger partial charge in [0.05, 0.1) is 6.54 Å². The van der Waals surface area contributed by atoms with E-state index in [4.69, 9.17) is 0 Å². The molecule has 1 saturated heterocycles. The van der Waals surface area contributed by atoms with E-state index in [-0.39, 0.29) is 17.1 Å². The number of nitrogens with one attached hydrogen (secondary N) is 1. The molecule has 30 heavy (non-hydrogen) atoms. The van der Waals surface area contributed by atoms with Crippen LogP contribution in [0.1, 0.15) is 62.1 Å². The van der Waals surface area contributed by atoms with Gasteiger partial charge < -0.3 is 14.8 Å². The van der Waals surface area contributed by atoms with Gasteiger partial charge in [-0.2, -0.15) is 0 Å². The molecule has 2 fully saturated rings. The second-order valence-electron chi connectivity index (χ2n) is 7.96. The van der Waals surface area contributed by atoms with Crippen LogP contribution in [0.25, 0.3) is 0 Å². The van der Waals surface area contributed by atoms with E-state index in [0.717, 1.165) is 55.2 Å². The second-order valence-corrected chi connectivity index (χ2v) is 9.03. The molecule has 0 bridgehead atoms. The van der Waals surface area contributed by atoms with E-state index in [1.165, 1.54) is 11.8 Å². The average molecular weight is 428 g/mol. The lowest BCUT2D eigenvalue weighted by molar-refractivity contribution is -0.131. The van der Waals surface area contributed by atoms with Crippen LogP contribution in [0, 0.1) is 0 Å². The van der Waals surface area contributed by atoms with Crippen LogP contribution in [0.15, 0.2) is 35.5 Å². The minimum Gasteiger partial charge on any atom is -0.352 e. The molecular weight excluding hydrogens is 398 g/mol. The quantitative estimate of drug-likeness (QED) is 0.654. The molecule has 1 atom stereocenters. The van der Waals surface area contributed by atoms with Crippen LogP contribution in [0.3, 0.4) is 0 Å². The largest absolute Gasteiger partial charge is 0.352 e. The number of carbonyl (C=O) groups excluding carboxylic acids is 2. The number of benzene rings is 1. The minimum atomic E-state index is -0.381. The monoisotopic (exact) mass is 427 g/mol. The molecule has 0 radical (unpaired) electrons.